The number of nitrogens with two attached hydrogens (primary N) is 3. The first-order chi connectivity index (χ1) is 54.9. The second-order valence-electron chi connectivity index (χ2n) is 28.8. The molecule has 1 fully saturated rings. The molecule has 30 heteroatoms. The SMILES string of the molecule is C.C.C.C.C.CC(=O)N1CCNC1=O.CC1=NCCN1.CC1=NCCN1.CSC(N)=[NH+]c1c(C)c(C)c(C)c(C)c1C.Cc1c(C)c(C)c(N)c(C)c1C.Cc1c(C)c(C)c(NC(=S)NC(=O)c2ccccc2)c(C)c1C.Cc1c(C)c(C)c(NC(N)=S)c(C)c1C.Cc1c(C)c(C)c(NC2=NCCN2)c(C)c1C.I.II.O=C(N=C=S)c1ccccc1.S.[I-]. The molecule has 15 N–H and O–H groups in total. The molecule has 0 bridgehead atoms. The number of carbonyl (C=O) groups excluding carboxylic acids is 4. The van der Waals surface area contributed by atoms with Crippen LogP contribution in [0, 0.1) is 173 Å². The summed E-state index contributed by atoms with van der Waals surface area (Å²) >= 11 is 20.3. The van der Waals surface area contributed by atoms with Gasteiger partial charge >= 0.3 is 11.2 Å². The highest BCUT2D eigenvalue weighted by Crippen LogP contribution is 2.34. The van der Waals surface area contributed by atoms with Crippen LogP contribution in [-0.4, -0.2) is 125 Å². The summed E-state index contributed by atoms with van der Waals surface area (Å²) in [6.45, 7) is 65.6. The number of rotatable bonds is 6. The van der Waals surface area contributed by atoms with Crippen molar-refractivity contribution in [2.45, 2.75) is 231 Å². The summed E-state index contributed by atoms with van der Waals surface area (Å²) < 4.78 is 0. The number of nitrogen functional groups attached to an aromatic ring is 1. The number of carbonyl (C=O) groups is 4. The fraction of sp³-hybridized carbons (Fsp3) is 0.442. The van der Waals surface area contributed by atoms with E-state index in [-0.39, 0.29) is 122 Å². The molecular weight excluding hydrogens is 2110 g/mol. The molecule has 5 amide bonds. The van der Waals surface area contributed by atoms with Crippen molar-refractivity contribution < 1.29 is 48.1 Å². The van der Waals surface area contributed by atoms with Crippen LogP contribution in [0.25, 0.3) is 0 Å². The van der Waals surface area contributed by atoms with Gasteiger partial charge < -0.3 is 72.7 Å². The van der Waals surface area contributed by atoms with E-state index < -0.39 is 0 Å². The fourth-order valence-corrected chi connectivity index (χ4v) is 13.2. The molecule has 0 radical (unpaired) electrons. The molecule has 0 aliphatic carbocycles. The number of amides is 5. The van der Waals surface area contributed by atoms with Gasteiger partial charge in [0.15, 0.2) is 16.2 Å². The maximum absolute atomic E-state index is 12.2. The zero-order chi connectivity index (χ0) is 89.2. The number of benzene rings is 7. The van der Waals surface area contributed by atoms with E-state index >= 15 is 0 Å². The van der Waals surface area contributed by atoms with Crippen molar-refractivity contribution in [3.8, 4) is 0 Å². The Morgan fingerprint density at radius 3 is 1.08 bits per heavy atom. The van der Waals surface area contributed by atoms with Crippen LogP contribution in [0.1, 0.15) is 218 Å². The molecular formula is C95H151I4N17O4S5. The monoisotopic (exact) mass is 2260 g/mol. The maximum Gasteiger partial charge on any atom is 0.324 e. The van der Waals surface area contributed by atoms with Gasteiger partial charge in [0.1, 0.15) is 5.69 Å². The van der Waals surface area contributed by atoms with Gasteiger partial charge in [-0.2, -0.15) is 18.5 Å². The van der Waals surface area contributed by atoms with Crippen molar-refractivity contribution in [3.63, 3.8) is 0 Å². The van der Waals surface area contributed by atoms with Crippen LogP contribution < -0.4 is 88.7 Å². The minimum absolute atomic E-state index is 0. The van der Waals surface area contributed by atoms with Gasteiger partial charge in [0.2, 0.25) is 5.91 Å². The van der Waals surface area contributed by atoms with Crippen LogP contribution in [0.2, 0.25) is 0 Å². The molecule has 21 nitrogen and oxygen atoms in total. The first kappa shape index (κ1) is 131. The van der Waals surface area contributed by atoms with E-state index in [0.29, 0.717) is 34.4 Å². The van der Waals surface area contributed by atoms with E-state index in [1.54, 1.807) is 36.4 Å². The van der Waals surface area contributed by atoms with Crippen molar-refractivity contribution >= 4 is 213 Å². The van der Waals surface area contributed by atoms with Gasteiger partial charge in [-0.1, -0.05) is 73.5 Å². The predicted octanol–water partition coefficient (Wildman–Crippen LogP) is 18.5. The number of urea groups is 1. The number of nitrogens with zero attached hydrogens (tertiary/aromatic N) is 5. The van der Waals surface area contributed by atoms with Crippen molar-refractivity contribution in [1.29, 1.82) is 0 Å². The Bertz CT molecular complexity index is 4660. The van der Waals surface area contributed by atoms with Crippen molar-refractivity contribution in [1.82, 2.24) is 31.5 Å². The second kappa shape index (κ2) is 65.6. The van der Waals surface area contributed by atoms with E-state index in [9.17, 15) is 19.2 Å². The van der Waals surface area contributed by atoms with Crippen molar-refractivity contribution in [2.24, 2.45) is 31.4 Å². The molecule has 7 aromatic carbocycles. The van der Waals surface area contributed by atoms with E-state index in [1.807, 2.05) is 49.5 Å². The van der Waals surface area contributed by atoms with Gasteiger partial charge in [-0.15, -0.1) is 24.0 Å². The normalized spacial score (nSPS) is 11.6. The summed E-state index contributed by atoms with van der Waals surface area (Å²) in [4.78, 5) is 64.5. The highest BCUT2D eigenvalue weighted by atomic mass is 128. The highest BCUT2D eigenvalue weighted by molar-refractivity contribution is 15.0. The Balaban J connectivity index is -0.000000254. The van der Waals surface area contributed by atoms with Crippen LogP contribution >= 0.6 is 123 Å². The number of hydrogen-bond donors (Lipinski definition) is 12. The molecule has 0 unspecified atom stereocenters. The number of amidine groups is 3. The standard InChI is InChI=1S/C19H22N2OS.C14H21N3.C13H20N2S.C12H18N2S.C11H17N.C8H5NOS.C5H8N2O2.2C4H8N2.5CH4.I2.2HI.H2S/c1-11-12(2)14(4)17(15(5)13(11)3)20-19(23)21-18(22)16-9-7-6-8-10-16;1-8-9(2)11(4)13(12(5)10(8)3)17-14-15-6-7-16-14;1-7-8(2)10(4)12(11(5)9(7)3)15-13(14)16-6;1-6-7(2)9(4)11(14-12(13)15)10(5)8(6)3;1-6-7(2)9(4)11(12)10(5)8(6)3;10-8(9-6-11)7-4-2-1-3-5-7;1-4(8)7-3-2-6-5(7)9;2*1-4-5-2-3-6-4;;;;;;1-2;;;/h6-10H,1-5H3,(H2,20,21,22,23);6-7H2,1-5H3,(H2,15,16,17);1-6H3,(H2,14,15);1-5H3,(H3,13,14,15);12H2,1-5H3;1-5H;2-3H2,1H3,(H,6,9);2*2-3H2,1H3,(H,5,6);5*1H4;;2*1H;1H2. The third kappa shape index (κ3) is 39.9. The van der Waals surface area contributed by atoms with Crippen LogP contribution in [-0.2, 0) is 4.79 Å². The third-order valence-corrected chi connectivity index (χ3v) is 23.2. The minimum atomic E-state index is -0.347. The van der Waals surface area contributed by atoms with E-state index in [0.717, 1.165) is 95.9 Å². The number of imide groups is 1. The maximum atomic E-state index is 12.2. The molecule has 698 valence electrons. The molecule has 11 rings (SSSR count). The van der Waals surface area contributed by atoms with Crippen LogP contribution in [0.5, 0.6) is 0 Å². The smallest absolute Gasteiger partial charge is 0.324 e. The highest BCUT2D eigenvalue weighted by Gasteiger charge is 2.23. The number of thioether (sulfide) groups is 1. The second-order valence-corrected chi connectivity index (χ2v) is 30.7. The Morgan fingerprint density at radius 2 is 0.800 bits per heavy atom. The summed E-state index contributed by atoms with van der Waals surface area (Å²) in [5, 5.41) is 27.7. The topological polar surface area (TPSA) is 309 Å². The molecule has 0 atom stereocenters. The zero-order valence-electron chi connectivity index (χ0n) is 75.7. The molecule has 125 heavy (non-hydrogen) atoms. The average Bonchev–Trinajstić information content (AvgIpc) is 1.66. The van der Waals surface area contributed by atoms with Gasteiger partial charge in [-0.3, -0.25) is 45.3 Å². The lowest BCUT2D eigenvalue weighted by Gasteiger charge is -2.20. The number of thiocarbonyl (C=S) groups is 3. The molecule has 4 aliphatic heterocycles. The fourth-order valence-electron chi connectivity index (χ4n) is 12.6. The van der Waals surface area contributed by atoms with Gasteiger partial charge in [-0.05, 0) is 405 Å². The number of isothiocyanates is 1. The van der Waals surface area contributed by atoms with Gasteiger partial charge in [-0.25, -0.2) is 9.79 Å². The lowest BCUT2D eigenvalue weighted by molar-refractivity contribution is -0.352. The summed E-state index contributed by atoms with van der Waals surface area (Å²) in [5.74, 6) is 2.31. The quantitative estimate of drug-likeness (QED) is 0.0242. The van der Waals surface area contributed by atoms with E-state index in [2.05, 4.69) is 290 Å². The molecule has 1 saturated heterocycles. The van der Waals surface area contributed by atoms with Gasteiger partial charge in [0.25, 0.3) is 11.8 Å². The zero-order valence-corrected chi connectivity index (χ0v) is 88.8. The molecule has 7 aromatic rings. The van der Waals surface area contributed by atoms with Gasteiger partial charge in [0.05, 0.1) is 36.5 Å². The summed E-state index contributed by atoms with van der Waals surface area (Å²) in [5.41, 5.74) is 56.2. The van der Waals surface area contributed by atoms with Crippen LogP contribution in [0.4, 0.5) is 33.2 Å². The lowest BCUT2D eigenvalue weighted by atomic mass is 9.93. The average molecular weight is 2260 g/mol. The summed E-state index contributed by atoms with van der Waals surface area (Å²) in [6.07, 6.45) is 1.97. The number of nitrogens with one attached hydrogen (secondary N) is 9. The molecule has 0 spiro atoms. The Kier molecular flexibility index (Phi) is 68.9. The number of halogens is 4. The Labute approximate surface area is 838 Å². The van der Waals surface area contributed by atoms with Crippen LogP contribution in [0.15, 0.2) is 80.6 Å². The van der Waals surface area contributed by atoms with E-state index in [1.165, 1.54) is 157 Å². The number of anilines is 4. The Hall–Kier alpha value is -6.90. The first-order valence-corrected chi connectivity index (χ1v) is 47.4. The lowest BCUT2D eigenvalue weighted by Crippen LogP contribution is -3.00. The molecule has 4 aliphatic rings. The molecule has 0 saturated carbocycles. The largest absolute Gasteiger partial charge is 1.00 e. The minimum Gasteiger partial charge on any atom is -1.00 e. The van der Waals surface area contributed by atoms with Crippen molar-refractivity contribution in [3.05, 3.63) is 211 Å². The van der Waals surface area contributed by atoms with Crippen LogP contribution in [0.3, 0.4) is 0 Å². The van der Waals surface area contributed by atoms with E-state index in [4.69, 9.17) is 41.6 Å². The predicted molar refractivity (Wildman–Crippen MR) is 589 cm³/mol. The Morgan fingerprint density at radius 1 is 0.480 bits per heavy atom. The molecule has 0 aromatic heterocycles. The number of guanidine groups is 1. The van der Waals surface area contributed by atoms with Gasteiger partial charge in [0, 0.05) is 111 Å². The molecule has 4 heterocycles. The third-order valence-electron chi connectivity index (χ3n) is 22.3. The summed E-state index contributed by atoms with van der Waals surface area (Å²) in [7, 11) is 0. The van der Waals surface area contributed by atoms with Crippen molar-refractivity contribution in [2.75, 3.05) is 80.3 Å². The first-order valence-electron chi connectivity index (χ1n) is 38.6. The summed E-state index contributed by atoms with van der Waals surface area (Å²) in [6, 6.07) is 17.5. The number of hydrogen-bond acceptors (Lipinski definition) is 16. The number of aliphatic imine (C=N–C) groups is 4.